The van der Waals surface area contributed by atoms with Crippen molar-refractivity contribution in [1.29, 1.82) is 0 Å². The van der Waals surface area contributed by atoms with Crippen LogP contribution in [0.1, 0.15) is 13.3 Å². The second-order valence-electron chi connectivity index (χ2n) is 4.63. The van der Waals surface area contributed by atoms with Crippen LogP contribution < -0.4 is 5.32 Å². The Morgan fingerprint density at radius 1 is 1.38 bits per heavy atom. The van der Waals surface area contributed by atoms with Crippen LogP contribution in [-0.2, 0) is 0 Å². The fourth-order valence-electron chi connectivity index (χ4n) is 2.07. The van der Waals surface area contributed by atoms with Crippen molar-refractivity contribution in [3.63, 3.8) is 0 Å². The third-order valence-corrected chi connectivity index (χ3v) is 3.38. The molecule has 1 heterocycles. The maximum atomic E-state index is 4.11. The average molecular weight is 213 g/mol. The summed E-state index contributed by atoms with van der Waals surface area (Å²) in [5.41, 5.74) is 2.06. The van der Waals surface area contributed by atoms with Gasteiger partial charge < -0.3 is 5.32 Å². The molecule has 1 saturated carbocycles. The average Bonchev–Trinajstić information content (AvgIpc) is 3.03. The SMILES string of the molecule is CC1CC1CNc1cnnc2ccccc12. The minimum absolute atomic E-state index is 0.840. The first-order chi connectivity index (χ1) is 7.84. The van der Waals surface area contributed by atoms with E-state index in [0.29, 0.717) is 0 Å². The van der Waals surface area contributed by atoms with Gasteiger partial charge in [0, 0.05) is 11.9 Å². The smallest absolute Gasteiger partial charge is 0.0950 e. The van der Waals surface area contributed by atoms with Gasteiger partial charge in [-0.3, -0.25) is 0 Å². The van der Waals surface area contributed by atoms with Gasteiger partial charge in [-0.2, -0.15) is 10.2 Å². The number of fused-ring (bicyclic) bond motifs is 1. The molecular formula is C13H15N3. The first kappa shape index (κ1) is 9.58. The lowest BCUT2D eigenvalue weighted by Gasteiger charge is -2.07. The van der Waals surface area contributed by atoms with E-state index >= 15 is 0 Å². The molecule has 0 saturated heterocycles. The maximum Gasteiger partial charge on any atom is 0.0950 e. The van der Waals surface area contributed by atoms with E-state index < -0.39 is 0 Å². The highest BCUT2D eigenvalue weighted by Gasteiger charge is 2.31. The van der Waals surface area contributed by atoms with Crippen molar-refractivity contribution in [2.45, 2.75) is 13.3 Å². The summed E-state index contributed by atoms with van der Waals surface area (Å²) in [4.78, 5) is 0. The summed E-state index contributed by atoms with van der Waals surface area (Å²) < 4.78 is 0. The second-order valence-corrected chi connectivity index (χ2v) is 4.63. The topological polar surface area (TPSA) is 37.8 Å². The quantitative estimate of drug-likeness (QED) is 0.851. The van der Waals surface area contributed by atoms with Crippen molar-refractivity contribution < 1.29 is 0 Å². The molecule has 82 valence electrons. The van der Waals surface area contributed by atoms with Crippen LogP contribution in [0.3, 0.4) is 0 Å². The van der Waals surface area contributed by atoms with Crippen molar-refractivity contribution in [3.8, 4) is 0 Å². The molecule has 2 aromatic rings. The van der Waals surface area contributed by atoms with E-state index in [4.69, 9.17) is 0 Å². The number of rotatable bonds is 3. The summed E-state index contributed by atoms with van der Waals surface area (Å²) in [6.07, 6.45) is 3.17. The summed E-state index contributed by atoms with van der Waals surface area (Å²) in [7, 11) is 0. The molecule has 2 unspecified atom stereocenters. The molecule has 0 bridgehead atoms. The third kappa shape index (κ3) is 1.73. The van der Waals surface area contributed by atoms with E-state index in [1.807, 2.05) is 24.4 Å². The van der Waals surface area contributed by atoms with Crippen molar-refractivity contribution in [1.82, 2.24) is 10.2 Å². The molecule has 1 aromatic carbocycles. The summed E-state index contributed by atoms with van der Waals surface area (Å²) in [6.45, 7) is 3.35. The van der Waals surface area contributed by atoms with Crippen LogP contribution in [0.4, 0.5) is 5.69 Å². The molecule has 0 spiro atoms. The largest absolute Gasteiger partial charge is 0.383 e. The van der Waals surface area contributed by atoms with E-state index in [1.165, 1.54) is 6.42 Å². The van der Waals surface area contributed by atoms with Gasteiger partial charge in [-0.1, -0.05) is 25.1 Å². The highest BCUT2D eigenvalue weighted by molar-refractivity contribution is 5.90. The number of nitrogens with zero attached hydrogens (tertiary/aromatic N) is 2. The lowest BCUT2D eigenvalue weighted by molar-refractivity contribution is 0.787. The molecule has 1 aliphatic carbocycles. The zero-order chi connectivity index (χ0) is 11.0. The predicted octanol–water partition coefficient (Wildman–Crippen LogP) is 2.70. The number of anilines is 1. The van der Waals surface area contributed by atoms with Crippen molar-refractivity contribution >= 4 is 16.6 Å². The highest BCUT2D eigenvalue weighted by Crippen LogP contribution is 2.37. The Morgan fingerprint density at radius 3 is 3.00 bits per heavy atom. The van der Waals surface area contributed by atoms with Crippen LogP contribution in [0, 0.1) is 11.8 Å². The Labute approximate surface area is 94.9 Å². The molecule has 1 fully saturated rings. The first-order valence-corrected chi connectivity index (χ1v) is 5.79. The lowest BCUT2D eigenvalue weighted by Crippen LogP contribution is -2.05. The van der Waals surface area contributed by atoms with Crippen molar-refractivity contribution in [3.05, 3.63) is 30.5 Å². The number of nitrogens with one attached hydrogen (secondary N) is 1. The zero-order valence-corrected chi connectivity index (χ0v) is 9.35. The third-order valence-electron chi connectivity index (χ3n) is 3.38. The maximum absolute atomic E-state index is 4.11. The van der Waals surface area contributed by atoms with Crippen molar-refractivity contribution in [2.24, 2.45) is 11.8 Å². The Hall–Kier alpha value is -1.64. The summed E-state index contributed by atoms with van der Waals surface area (Å²) in [5, 5.41) is 12.8. The summed E-state index contributed by atoms with van der Waals surface area (Å²) in [6, 6.07) is 8.11. The molecule has 2 atom stereocenters. The Balaban J connectivity index is 1.85. The monoisotopic (exact) mass is 213 g/mol. The summed E-state index contributed by atoms with van der Waals surface area (Å²) >= 11 is 0. The first-order valence-electron chi connectivity index (χ1n) is 5.79. The molecule has 3 nitrogen and oxygen atoms in total. The van der Waals surface area contributed by atoms with E-state index in [2.05, 4.69) is 28.5 Å². The molecule has 0 amide bonds. The molecule has 16 heavy (non-hydrogen) atoms. The van der Waals surface area contributed by atoms with Crippen molar-refractivity contribution in [2.75, 3.05) is 11.9 Å². The minimum Gasteiger partial charge on any atom is -0.383 e. The molecule has 1 aliphatic rings. The van der Waals surface area contributed by atoms with Gasteiger partial charge in [-0.15, -0.1) is 0 Å². The van der Waals surface area contributed by atoms with Gasteiger partial charge in [-0.05, 0) is 24.3 Å². The Bertz CT molecular complexity index is 504. The molecule has 3 heteroatoms. The predicted molar refractivity (Wildman–Crippen MR) is 65.3 cm³/mol. The summed E-state index contributed by atoms with van der Waals surface area (Å²) in [5.74, 6) is 1.72. The number of hydrogen-bond donors (Lipinski definition) is 1. The molecule has 0 aliphatic heterocycles. The molecule has 1 N–H and O–H groups in total. The van der Waals surface area contributed by atoms with Crippen LogP contribution in [0.25, 0.3) is 10.9 Å². The highest BCUT2D eigenvalue weighted by atomic mass is 15.1. The van der Waals surface area contributed by atoms with Gasteiger partial charge in [-0.25, -0.2) is 0 Å². The van der Waals surface area contributed by atoms with Crippen LogP contribution in [0.5, 0.6) is 0 Å². The fraction of sp³-hybridized carbons (Fsp3) is 0.385. The molecule has 1 aromatic heterocycles. The van der Waals surface area contributed by atoms with Crippen LogP contribution in [0.2, 0.25) is 0 Å². The Kier molecular flexibility index (Phi) is 2.24. The number of benzene rings is 1. The van der Waals surface area contributed by atoms with Crippen LogP contribution in [-0.4, -0.2) is 16.7 Å². The molecular weight excluding hydrogens is 198 g/mol. The second kappa shape index (κ2) is 3.74. The zero-order valence-electron chi connectivity index (χ0n) is 9.35. The minimum atomic E-state index is 0.840. The van der Waals surface area contributed by atoms with Gasteiger partial charge in [0.2, 0.25) is 0 Å². The van der Waals surface area contributed by atoms with Gasteiger partial charge in [0.15, 0.2) is 0 Å². The van der Waals surface area contributed by atoms with E-state index in [9.17, 15) is 0 Å². The normalized spacial score (nSPS) is 23.3. The van der Waals surface area contributed by atoms with E-state index in [0.717, 1.165) is 35.0 Å². The molecule has 0 radical (unpaired) electrons. The standard InChI is InChI=1S/C13H15N3/c1-9-6-10(9)7-14-13-8-15-16-12-5-3-2-4-11(12)13/h2-5,8-10H,6-7H2,1H3,(H,14,16). The van der Waals surface area contributed by atoms with E-state index in [-0.39, 0.29) is 0 Å². The van der Waals surface area contributed by atoms with Gasteiger partial charge in [0.25, 0.3) is 0 Å². The molecule has 3 rings (SSSR count). The van der Waals surface area contributed by atoms with Gasteiger partial charge in [0.05, 0.1) is 17.4 Å². The lowest BCUT2D eigenvalue weighted by atomic mass is 10.2. The Morgan fingerprint density at radius 2 is 2.19 bits per heavy atom. The van der Waals surface area contributed by atoms with Gasteiger partial charge in [0.1, 0.15) is 0 Å². The van der Waals surface area contributed by atoms with Crippen LogP contribution in [0.15, 0.2) is 30.5 Å². The number of aromatic nitrogens is 2. The van der Waals surface area contributed by atoms with E-state index in [1.54, 1.807) is 0 Å². The van der Waals surface area contributed by atoms with Gasteiger partial charge >= 0.3 is 0 Å². The van der Waals surface area contributed by atoms with Crippen LogP contribution >= 0.6 is 0 Å². The number of hydrogen-bond acceptors (Lipinski definition) is 3. The fourth-order valence-corrected chi connectivity index (χ4v) is 2.07.